The minimum absolute atomic E-state index is 0.311. The first-order valence-corrected chi connectivity index (χ1v) is 9.92. The lowest BCUT2D eigenvalue weighted by atomic mass is 10.2. The summed E-state index contributed by atoms with van der Waals surface area (Å²) in [7, 11) is 0. The molecule has 2 rings (SSSR count). The lowest BCUT2D eigenvalue weighted by Crippen LogP contribution is -2.27. The van der Waals surface area contributed by atoms with Crippen molar-refractivity contribution < 1.29 is 14.2 Å². The van der Waals surface area contributed by atoms with Gasteiger partial charge in [-0.1, -0.05) is 37.0 Å². The standard InChI is InChI=1S/C21H24Cl2N2O3/c1-3-25(4-2)9-10-27-21-8-6-17(14-19(21)23)26-11-12-28-20-7-5-16(15-24)13-18(20)22/h5-8,13-14H,3-4,9-12H2,1-2H3. The summed E-state index contributed by atoms with van der Waals surface area (Å²) in [4.78, 5) is 2.28. The van der Waals surface area contributed by atoms with Gasteiger partial charge in [-0.25, -0.2) is 0 Å². The van der Waals surface area contributed by atoms with Crippen LogP contribution < -0.4 is 14.2 Å². The van der Waals surface area contributed by atoms with E-state index in [0.717, 1.165) is 19.6 Å². The Bertz CT molecular complexity index is 805. The van der Waals surface area contributed by atoms with Crippen LogP contribution in [0.15, 0.2) is 36.4 Å². The van der Waals surface area contributed by atoms with E-state index in [2.05, 4.69) is 18.7 Å². The summed E-state index contributed by atoms with van der Waals surface area (Å²) in [5.74, 6) is 1.79. The molecule has 0 amide bonds. The second-order valence-electron chi connectivity index (χ2n) is 5.92. The number of nitrogens with zero attached hydrogens (tertiary/aromatic N) is 2. The van der Waals surface area contributed by atoms with Crippen LogP contribution in [0.1, 0.15) is 19.4 Å². The number of halogens is 2. The molecule has 0 saturated heterocycles. The van der Waals surface area contributed by atoms with Gasteiger partial charge in [0.2, 0.25) is 0 Å². The van der Waals surface area contributed by atoms with E-state index >= 15 is 0 Å². The SMILES string of the molecule is CCN(CC)CCOc1ccc(OCCOc2ccc(C#N)cc2Cl)cc1Cl. The molecule has 0 N–H and O–H groups in total. The highest BCUT2D eigenvalue weighted by Crippen LogP contribution is 2.29. The molecule has 0 aromatic heterocycles. The van der Waals surface area contributed by atoms with Crippen molar-refractivity contribution in [3.8, 4) is 23.3 Å². The van der Waals surface area contributed by atoms with Crippen LogP contribution in [-0.2, 0) is 0 Å². The van der Waals surface area contributed by atoms with E-state index in [1.807, 2.05) is 12.1 Å². The Morgan fingerprint density at radius 2 is 1.46 bits per heavy atom. The highest BCUT2D eigenvalue weighted by Gasteiger charge is 2.07. The molecule has 0 aliphatic rings. The van der Waals surface area contributed by atoms with Crippen LogP contribution in [0.25, 0.3) is 0 Å². The molecule has 0 fully saturated rings. The van der Waals surface area contributed by atoms with E-state index in [4.69, 9.17) is 42.7 Å². The summed E-state index contributed by atoms with van der Waals surface area (Å²) in [5.41, 5.74) is 0.489. The third kappa shape index (κ3) is 6.79. The predicted molar refractivity (Wildman–Crippen MR) is 112 cm³/mol. The summed E-state index contributed by atoms with van der Waals surface area (Å²) in [5, 5.41) is 9.74. The molecule has 5 nitrogen and oxygen atoms in total. The molecule has 0 bridgehead atoms. The molecule has 28 heavy (non-hydrogen) atoms. The summed E-state index contributed by atoms with van der Waals surface area (Å²) in [6.45, 7) is 8.33. The summed E-state index contributed by atoms with van der Waals surface area (Å²) in [6, 6.07) is 12.3. The van der Waals surface area contributed by atoms with Crippen molar-refractivity contribution in [3.63, 3.8) is 0 Å². The number of ether oxygens (including phenoxy) is 3. The zero-order valence-corrected chi connectivity index (χ0v) is 17.6. The van der Waals surface area contributed by atoms with Gasteiger partial charge in [0.25, 0.3) is 0 Å². The molecular weight excluding hydrogens is 399 g/mol. The van der Waals surface area contributed by atoms with Gasteiger partial charge in [0.1, 0.15) is 37.1 Å². The minimum atomic E-state index is 0.311. The highest BCUT2D eigenvalue weighted by molar-refractivity contribution is 6.32. The number of likely N-dealkylation sites (N-methyl/N-ethyl adjacent to an activating group) is 1. The topological polar surface area (TPSA) is 54.7 Å². The molecule has 0 aliphatic carbocycles. The lowest BCUT2D eigenvalue weighted by molar-refractivity contribution is 0.215. The maximum atomic E-state index is 8.84. The van der Waals surface area contributed by atoms with Crippen LogP contribution in [0.2, 0.25) is 10.0 Å². The summed E-state index contributed by atoms with van der Waals surface area (Å²) in [6.07, 6.45) is 0. The molecule has 0 atom stereocenters. The normalized spacial score (nSPS) is 10.6. The first kappa shape index (κ1) is 22.2. The molecule has 7 heteroatoms. The maximum Gasteiger partial charge on any atom is 0.138 e. The first-order chi connectivity index (χ1) is 13.6. The molecule has 0 saturated carbocycles. The van der Waals surface area contributed by atoms with Gasteiger partial charge in [0.15, 0.2) is 0 Å². The molecule has 0 spiro atoms. The Kier molecular flexibility index (Phi) is 9.22. The van der Waals surface area contributed by atoms with E-state index in [-0.39, 0.29) is 0 Å². The predicted octanol–water partition coefficient (Wildman–Crippen LogP) is 5.04. The van der Waals surface area contributed by atoms with Crippen LogP contribution in [0.3, 0.4) is 0 Å². The van der Waals surface area contributed by atoms with Gasteiger partial charge >= 0.3 is 0 Å². The fourth-order valence-electron chi connectivity index (χ4n) is 2.51. The van der Waals surface area contributed by atoms with Crippen molar-refractivity contribution in [2.45, 2.75) is 13.8 Å². The van der Waals surface area contributed by atoms with Crippen molar-refractivity contribution in [3.05, 3.63) is 52.0 Å². The van der Waals surface area contributed by atoms with Gasteiger partial charge in [-0.15, -0.1) is 0 Å². The van der Waals surface area contributed by atoms with Crippen molar-refractivity contribution in [2.24, 2.45) is 0 Å². The first-order valence-electron chi connectivity index (χ1n) is 9.17. The molecule has 0 radical (unpaired) electrons. The molecule has 2 aromatic carbocycles. The third-order valence-corrected chi connectivity index (χ3v) is 4.72. The summed E-state index contributed by atoms with van der Waals surface area (Å²) < 4.78 is 17.0. The molecular formula is C21H24Cl2N2O3. The van der Waals surface area contributed by atoms with Crippen LogP contribution in [0.4, 0.5) is 0 Å². The Labute approximate surface area is 176 Å². The second kappa shape index (κ2) is 11.7. The Hall–Kier alpha value is -2.13. The van der Waals surface area contributed by atoms with Crippen molar-refractivity contribution >= 4 is 23.2 Å². The fraction of sp³-hybridized carbons (Fsp3) is 0.381. The largest absolute Gasteiger partial charge is 0.491 e. The smallest absolute Gasteiger partial charge is 0.138 e. The second-order valence-corrected chi connectivity index (χ2v) is 6.74. The molecule has 0 aliphatic heterocycles. The quantitative estimate of drug-likeness (QED) is 0.474. The minimum Gasteiger partial charge on any atom is -0.491 e. The fourth-order valence-corrected chi connectivity index (χ4v) is 2.97. The highest BCUT2D eigenvalue weighted by atomic mass is 35.5. The van der Waals surface area contributed by atoms with Gasteiger partial charge < -0.3 is 19.1 Å². The Balaban J connectivity index is 1.77. The average molecular weight is 423 g/mol. The molecule has 150 valence electrons. The molecule has 0 unspecified atom stereocenters. The number of hydrogen-bond donors (Lipinski definition) is 0. The van der Waals surface area contributed by atoms with Crippen molar-refractivity contribution in [2.75, 3.05) is 39.5 Å². The van der Waals surface area contributed by atoms with Gasteiger partial charge in [-0.3, -0.25) is 0 Å². The van der Waals surface area contributed by atoms with Gasteiger partial charge in [-0.05, 0) is 43.4 Å². The lowest BCUT2D eigenvalue weighted by Gasteiger charge is -2.18. The van der Waals surface area contributed by atoms with E-state index < -0.39 is 0 Å². The molecule has 2 aromatic rings. The summed E-state index contributed by atoms with van der Waals surface area (Å²) >= 11 is 12.3. The van der Waals surface area contributed by atoms with E-state index in [9.17, 15) is 0 Å². The number of rotatable bonds is 11. The average Bonchev–Trinajstić information content (AvgIpc) is 2.70. The Morgan fingerprint density at radius 1 is 0.857 bits per heavy atom. The van der Waals surface area contributed by atoms with Crippen LogP contribution >= 0.6 is 23.2 Å². The van der Waals surface area contributed by atoms with Crippen LogP contribution in [-0.4, -0.2) is 44.4 Å². The van der Waals surface area contributed by atoms with Crippen LogP contribution in [0, 0.1) is 11.3 Å². The van der Waals surface area contributed by atoms with Gasteiger partial charge in [0, 0.05) is 12.6 Å². The van der Waals surface area contributed by atoms with Crippen molar-refractivity contribution in [1.82, 2.24) is 4.90 Å². The van der Waals surface area contributed by atoms with Crippen molar-refractivity contribution in [1.29, 1.82) is 5.26 Å². The van der Waals surface area contributed by atoms with Gasteiger partial charge in [0.05, 0.1) is 21.7 Å². The van der Waals surface area contributed by atoms with E-state index in [1.54, 1.807) is 30.3 Å². The van der Waals surface area contributed by atoms with Crippen LogP contribution in [0.5, 0.6) is 17.2 Å². The van der Waals surface area contributed by atoms with Gasteiger partial charge in [-0.2, -0.15) is 5.26 Å². The number of nitriles is 1. The van der Waals surface area contributed by atoms with E-state index in [1.165, 1.54) is 0 Å². The number of hydrogen-bond acceptors (Lipinski definition) is 5. The maximum absolute atomic E-state index is 8.84. The third-order valence-electron chi connectivity index (χ3n) is 4.13. The zero-order valence-electron chi connectivity index (χ0n) is 16.1. The zero-order chi connectivity index (χ0) is 20.4. The Morgan fingerprint density at radius 3 is 2.07 bits per heavy atom. The monoisotopic (exact) mass is 422 g/mol. The molecule has 0 heterocycles. The number of benzene rings is 2. The van der Waals surface area contributed by atoms with E-state index in [0.29, 0.717) is 52.7 Å².